The topological polar surface area (TPSA) is 27.7 Å². The van der Waals surface area contributed by atoms with Crippen molar-refractivity contribution in [3.8, 4) is 11.5 Å². The minimum Gasteiger partial charge on any atom is -0.454 e. The predicted molar refractivity (Wildman–Crippen MR) is 117 cm³/mol. The van der Waals surface area contributed by atoms with Gasteiger partial charge in [-0.3, -0.25) is 0 Å². The Morgan fingerprint density at radius 3 is 1.63 bits per heavy atom. The molecule has 0 radical (unpaired) electrons. The fourth-order valence-corrected chi connectivity index (χ4v) is 3.99. The average molecular weight is 394 g/mol. The molecule has 3 heteroatoms. The molecule has 3 nitrogen and oxygen atoms in total. The van der Waals surface area contributed by atoms with E-state index in [0.717, 1.165) is 33.8 Å². The number of hydrogen-bond acceptors (Lipinski definition) is 3. The van der Waals surface area contributed by atoms with Gasteiger partial charge in [-0.05, 0) is 34.4 Å². The van der Waals surface area contributed by atoms with Crippen LogP contribution in [-0.4, -0.2) is 6.79 Å². The van der Waals surface area contributed by atoms with Crippen LogP contribution >= 0.6 is 0 Å². The highest BCUT2D eigenvalue weighted by Crippen LogP contribution is 2.41. The summed E-state index contributed by atoms with van der Waals surface area (Å²) >= 11 is 0. The summed E-state index contributed by atoms with van der Waals surface area (Å²) < 4.78 is 17.8. The summed E-state index contributed by atoms with van der Waals surface area (Å²) in [5.74, 6) is 1.54. The van der Waals surface area contributed by atoms with Crippen LogP contribution in [0.5, 0.6) is 11.5 Å². The van der Waals surface area contributed by atoms with Crippen molar-refractivity contribution in [1.29, 1.82) is 0 Å². The van der Waals surface area contributed by atoms with Gasteiger partial charge in [0, 0.05) is 0 Å². The van der Waals surface area contributed by atoms with E-state index >= 15 is 0 Å². The van der Waals surface area contributed by atoms with Crippen LogP contribution in [0.15, 0.2) is 109 Å². The van der Waals surface area contributed by atoms with Crippen LogP contribution in [0.3, 0.4) is 0 Å². The summed E-state index contributed by atoms with van der Waals surface area (Å²) in [6.07, 6.45) is 0. The highest BCUT2D eigenvalue weighted by Gasteiger charge is 2.37. The molecule has 0 bridgehead atoms. The summed E-state index contributed by atoms with van der Waals surface area (Å²) in [7, 11) is 0. The molecule has 0 saturated heterocycles. The van der Waals surface area contributed by atoms with Gasteiger partial charge in [0.25, 0.3) is 0 Å². The standard InChI is InChI=1S/C27H22O3/c1-4-10-22(11-5-1)27(23-12-6-2-7-13-23,24-14-8-3-9-15-24)30-19-21-16-17-25-26(18-21)29-20-28-25/h1-18H,19-20H2. The summed E-state index contributed by atoms with van der Waals surface area (Å²) in [5.41, 5.74) is 3.56. The fraction of sp³-hybridized carbons (Fsp3) is 0.111. The molecule has 148 valence electrons. The highest BCUT2D eigenvalue weighted by atomic mass is 16.7. The van der Waals surface area contributed by atoms with E-state index in [0.29, 0.717) is 6.61 Å². The third-order valence-corrected chi connectivity index (χ3v) is 5.43. The van der Waals surface area contributed by atoms with E-state index in [1.54, 1.807) is 0 Å². The van der Waals surface area contributed by atoms with Gasteiger partial charge in [0.2, 0.25) is 6.79 Å². The third-order valence-electron chi connectivity index (χ3n) is 5.43. The molecule has 0 spiro atoms. The van der Waals surface area contributed by atoms with Crippen LogP contribution in [0.1, 0.15) is 22.3 Å². The minimum absolute atomic E-state index is 0.266. The number of fused-ring (bicyclic) bond motifs is 1. The first kappa shape index (κ1) is 18.5. The zero-order chi connectivity index (χ0) is 20.2. The van der Waals surface area contributed by atoms with E-state index in [2.05, 4.69) is 72.8 Å². The number of benzene rings is 4. The Morgan fingerprint density at radius 1 is 0.600 bits per heavy atom. The third kappa shape index (κ3) is 3.34. The van der Waals surface area contributed by atoms with E-state index in [9.17, 15) is 0 Å². The highest BCUT2D eigenvalue weighted by molar-refractivity contribution is 5.48. The maximum absolute atomic E-state index is 6.84. The SMILES string of the molecule is c1ccc(C(OCc2ccc3c(c2)OCO3)(c2ccccc2)c2ccccc2)cc1. The normalized spacial score (nSPS) is 12.7. The monoisotopic (exact) mass is 394 g/mol. The Hall–Kier alpha value is -3.56. The Balaban J connectivity index is 1.62. The largest absolute Gasteiger partial charge is 0.454 e. The van der Waals surface area contributed by atoms with Crippen molar-refractivity contribution in [2.75, 3.05) is 6.79 Å². The van der Waals surface area contributed by atoms with Crippen LogP contribution in [0.25, 0.3) is 0 Å². The molecule has 0 aromatic heterocycles. The van der Waals surface area contributed by atoms with E-state index < -0.39 is 5.60 Å². The molecule has 4 aromatic carbocycles. The summed E-state index contributed by atoms with van der Waals surface area (Å²) in [4.78, 5) is 0. The molecule has 0 aliphatic carbocycles. The Labute approximate surface area is 176 Å². The second-order valence-corrected chi connectivity index (χ2v) is 7.26. The molecule has 0 amide bonds. The first-order valence-electron chi connectivity index (χ1n) is 10.1. The van der Waals surface area contributed by atoms with Crippen molar-refractivity contribution in [3.63, 3.8) is 0 Å². The molecule has 0 N–H and O–H groups in total. The quantitative estimate of drug-likeness (QED) is 0.380. The van der Waals surface area contributed by atoms with E-state index in [1.807, 2.05) is 36.4 Å². The number of rotatable bonds is 6. The molecule has 1 aliphatic rings. The van der Waals surface area contributed by atoms with Crippen molar-refractivity contribution in [3.05, 3.63) is 131 Å². The Morgan fingerprint density at radius 2 is 1.10 bits per heavy atom. The molecule has 1 aliphatic heterocycles. The lowest BCUT2D eigenvalue weighted by Crippen LogP contribution is -2.32. The second kappa shape index (κ2) is 8.05. The molecule has 0 fully saturated rings. The molecule has 1 heterocycles. The smallest absolute Gasteiger partial charge is 0.231 e. The van der Waals surface area contributed by atoms with Crippen molar-refractivity contribution in [2.45, 2.75) is 12.2 Å². The van der Waals surface area contributed by atoms with Crippen LogP contribution < -0.4 is 9.47 Å². The lowest BCUT2D eigenvalue weighted by molar-refractivity contribution is 0.000185. The summed E-state index contributed by atoms with van der Waals surface area (Å²) in [6, 6.07) is 37.1. The second-order valence-electron chi connectivity index (χ2n) is 7.26. The van der Waals surface area contributed by atoms with Gasteiger partial charge < -0.3 is 14.2 Å². The number of ether oxygens (including phenoxy) is 3. The van der Waals surface area contributed by atoms with Crippen LogP contribution in [-0.2, 0) is 16.9 Å². The predicted octanol–water partition coefficient (Wildman–Crippen LogP) is 5.92. The van der Waals surface area contributed by atoms with Gasteiger partial charge in [-0.25, -0.2) is 0 Å². The van der Waals surface area contributed by atoms with Crippen LogP contribution in [0.4, 0.5) is 0 Å². The molecular weight excluding hydrogens is 372 g/mol. The first-order valence-corrected chi connectivity index (χ1v) is 10.1. The van der Waals surface area contributed by atoms with Crippen molar-refractivity contribution in [2.24, 2.45) is 0 Å². The van der Waals surface area contributed by atoms with Gasteiger partial charge in [0.05, 0.1) is 6.61 Å². The van der Waals surface area contributed by atoms with Crippen LogP contribution in [0, 0.1) is 0 Å². The van der Waals surface area contributed by atoms with Gasteiger partial charge in [0.15, 0.2) is 11.5 Å². The summed E-state index contributed by atoms with van der Waals surface area (Å²) in [6.45, 7) is 0.691. The minimum atomic E-state index is -0.736. The Bertz CT molecular complexity index is 1010. The zero-order valence-electron chi connectivity index (χ0n) is 16.5. The van der Waals surface area contributed by atoms with E-state index in [4.69, 9.17) is 14.2 Å². The van der Waals surface area contributed by atoms with Gasteiger partial charge in [0.1, 0.15) is 5.60 Å². The molecule has 0 unspecified atom stereocenters. The van der Waals surface area contributed by atoms with Gasteiger partial charge in [-0.15, -0.1) is 0 Å². The summed E-state index contributed by atoms with van der Waals surface area (Å²) in [5, 5.41) is 0. The van der Waals surface area contributed by atoms with Crippen molar-refractivity contribution in [1.82, 2.24) is 0 Å². The van der Waals surface area contributed by atoms with E-state index in [-0.39, 0.29) is 6.79 Å². The van der Waals surface area contributed by atoms with Gasteiger partial charge in [-0.2, -0.15) is 0 Å². The molecule has 5 rings (SSSR count). The van der Waals surface area contributed by atoms with Gasteiger partial charge >= 0.3 is 0 Å². The van der Waals surface area contributed by atoms with E-state index in [1.165, 1.54) is 0 Å². The van der Waals surface area contributed by atoms with Crippen molar-refractivity contribution >= 4 is 0 Å². The fourth-order valence-electron chi connectivity index (χ4n) is 3.99. The number of hydrogen-bond donors (Lipinski definition) is 0. The molecule has 0 atom stereocenters. The van der Waals surface area contributed by atoms with Crippen molar-refractivity contribution < 1.29 is 14.2 Å². The molecule has 4 aromatic rings. The lowest BCUT2D eigenvalue weighted by Gasteiger charge is -2.36. The van der Waals surface area contributed by atoms with Crippen LogP contribution in [0.2, 0.25) is 0 Å². The molecular formula is C27H22O3. The maximum atomic E-state index is 6.84. The van der Waals surface area contributed by atoms with Gasteiger partial charge in [-0.1, -0.05) is 97.1 Å². The molecule has 0 saturated carbocycles. The zero-order valence-corrected chi connectivity index (χ0v) is 16.5. The first-order chi connectivity index (χ1) is 14.9. The average Bonchev–Trinajstić information content (AvgIpc) is 3.30. The lowest BCUT2D eigenvalue weighted by atomic mass is 9.80. The Kier molecular flexibility index (Phi) is 4.96. The maximum Gasteiger partial charge on any atom is 0.231 e. The molecule has 30 heavy (non-hydrogen) atoms.